The van der Waals surface area contributed by atoms with E-state index in [1.807, 2.05) is 6.92 Å². The number of nitrogens with one attached hydrogen (secondary N) is 1. The van der Waals surface area contributed by atoms with Gasteiger partial charge in [0.1, 0.15) is 5.60 Å². The van der Waals surface area contributed by atoms with Crippen LogP contribution in [0.25, 0.3) is 0 Å². The molecule has 1 N–H and O–H groups in total. The van der Waals surface area contributed by atoms with Crippen LogP contribution in [0, 0.1) is 11.8 Å². The predicted molar refractivity (Wildman–Crippen MR) is 61.0 cm³/mol. The van der Waals surface area contributed by atoms with Crippen molar-refractivity contribution in [3.8, 4) is 0 Å². The molecule has 0 spiro atoms. The highest BCUT2D eigenvalue weighted by atomic mass is 19.3. The van der Waals surface area contributed by atoms with E-state index >= 15 is 0 Å². The fraction of sp³-hybridized carbons (Fsp3) is 0.917. The Labute approximate surface area is 101 Å². The third-order valence-electron chi connectivity index (χ3n) is 2.98. The summed E-state index contributed by atoms with van der Waals surface area (Å²) in [6.45, 7) is 7.19. The minimum atomic E-state index is -2.30. The first-order valence-electron chi connectivity index (χ1n) is 5.96. The van der Waals surface area contributed by atoms with Crippen molar-refractivity contribution in [1.82, 2.24) is 5.32 Å². The monoisotopic (exact) mass is 249 g/mol. The van der Waals surface area contributed by atoms with Crippen molar-refractivity contribution in [2.75, 3.05) is 0 Å². The molecule has 0 aromatic heterocycles. The lowest BCUT2D eigenvalue weighted by Gasteiger charge is -2.23. The molecule has 0 aromatic rings. The zero-order valence-corrected chi connectivity index (χ0v) is 10.8. The van der Waals surface area contributed by atoms with Gasteiger partial charge in [-0.1, -0.05) is 6.92 Å². The Morgan fingerprint density at radius 3 is 2.35 bits per heavy atom. The zero-order valence-electron chi connectivity index (χ0n) is 10.8. The molecule has 0 radical (unpaired) electrons. The molecular weight excluding hydrogens is 228 g/mol. The van der Waals surface area contributed by atoms with E-state index < -0.39 is 24.0 Å². The van der Waals surface area contributed by atoms with Crippen molar-refractivity contribution in [1.29, 1.82) is 0 Å². The lowest BCUT2D eigenvalue weighted by Crippen LogP contribution is -2.40. The average Bonchev–Trinajstić information content (AvgIpc) is 2.44. The standard InChI is InChI=1S/C12H21F2NO2/c1-7-5-8(10(13)14)6-9(7)15-11(16)17-12(2,3)4/h7-10H,5-6H2,1-4H3,(H,15,16)/t7-,8+,9-/m1/s1. The maximum absolute atomic E-state index is 12.6. The van der Waals surface area contributed by atoms with Gasteiger partial charge in [-0.15, -0.1) is 0 Å². The van der Waals surface area contributed by atoms with E-state index in [2.05, 4.69) is 5.32 Å². The summed E-state index contributed by atoms with van der Waals surface area (Å²) in [5, 5.41) is 2.68. The Hall–Kier alpha value is -0.870. The minimum Gasteiger partial charge on any atom is -0.444 e. The van der Waals surface area contributed by atoms with E-state index in [1.54, 1.807) is 20.8 Å². The summed E-state index contributed by atoms with van der Waals surface area (Å²) in [6.07, 6.45) is -2.04. The number of amides is 1. The molecule has 1 saturated carbocycles. The Kier molecular flexibility index (Phi) is 4.33. The Bertz CT molecular complexity index is 276. The first kappa shape index (κ1) is 14.2. The highest BCUT2D eigenvalue weighted by Crippen LogP contribution is 2.35. The first-order valence-corrected chi connectivity index (χ1v) is 5.96. The lowest BCUT2D eigenvalue weighted by molar-refractivity contribution is 0.0485. The minimum absolute atomic E-state index is 0.0709. The number of carbonyl (C=O) groups excluding carboxylic acids is 1. The van der Waals surface area contributed by atoms with E-state index in [1.165, 1.54) is 0 Å². The van der Waals surface area contributed by atoms with Crippen molar-refractivity contribution >= 4 is 6.09 Å². The molecule has 0 aromatic carbocycles. The fourth-order valence-corrected chi connectivity index (χ4v) is 2.16. The van der Waals surface area contributed by atoms with Gasteiger partial charge in [-0.25, -0.2) is 13.6 Å². The molecule has 1 rings (SSSR count). The van der Waals surface area contributed by atoms with Crippen molar-refractivity contribution in [3.63, 3.8) is 0 Å². The largest absolute Gasteiger partial charge is 0.444 e. The molecule has 1 fully saturated rings. The van der Waals surface area contributed by atoms with Crippen molar-refractivity contribution in [3.05, 3.63) is 0 Å². The number of ether oxygens (including phenoxy) is 1. The number of hydrogen-bond donors (Lipinski definition) is 1. The molecule has 1 aliphatic carbocycles. The van der Waals surface area contributed by atoms with Crippen LogP contribution in [0.5, 0.6) is 0 Å². The van der Waals surface area contributed by atoms with E-state index in [9.17, 15) is 13.6 Å². The number of hydrogen-bond acceptors (Lipinski definition) is 2. The predicted octanol–water partition coefficient (Wildman–Crippen LogP) is 3.19. The van der Waals surface area contributed by atoms with Gasteiger partial charge in [0.25, 0.3) is 0 Å². The summed E-state index contributed by atoms with van der Waals surface area (Å²) in [5.74, 6) is -0.536. The van der Waals surface area contributed by atoms with Crippen LogP contribution in [0.15, 0.2) is 0 Å². The van der Waals surface area contributed by atoms with Gasteiger partial charge >= 0.3 is 6.09 Å². The lowest BCUT2D eigenvalue weighted by atomic mass is 10.1. The Balaban J connectivity index is 2.45. The molecule has 5 heteroatoms. The summed E-state index contributed by atoms with van der Waals surface area (Å²) in [7, 11) is 0. The normalized spacial score (nSPS) is 29.5. The first-order chi connectivity index (χ1) is 7.69. The number of rotatable bonds is 2. The maximum atomic E-state index is 12.6. The number of alkyl halides is 2. The second-order valence-corrected chi connectivity index (χ2v) is 5.80. The van der Waals surface area contributed by atoms with E-state index in [-0.39, 0.29) is 12.0 Å². The third kappa shape index (κ3) is 4.48. The smallest absolute Gasteiger partial charge is 0.407 e. The zero-order chi connectivity index (χ0) is 13.2. The highest BCUT2D eigenvalue weighted by Gasteiger charge is 2.37. The number of alkyl carbamates (subject to hydrolysis) is 1. The summed E-state index contributed by atoms with van der Waals surface area (Å²) in [6, 6.07) is -0.205. The van der Waals surface area contributed by atoms with Gasteiger partial charge in [0.05, 0.1) is 0 Å². The number of halogens is 2. The summed E-state index contributed by atoms with van der Waals surface area (Å²) in [4.78, 5) is 11.5. The molecule has 0 saturated heterocycles. The fourth-order valence-electron chi connectivity index (χ4n) is 2.16. The van der Waals surface area contributed by atoms with Crippen LogP contribution in [0.3, 0.4) is 0 Å². The second kappa shape index (κ2) is 5.19. The van der Waals surface area contributed by atoms with Gasteiger partial charge in [0.2, 0.25) is 6.43 Å². The molecule has 0 aliphatic heterocycles. The third-order valence-corrected chi connectivity index (χ3v) is 2.98. The molecular formula is C12H21F2NO2. The summed E-state index contributed by atoms with van der Waals surface area (Å²) >= 11 is 0. The van der Waals surface area contributed by atoms with E-state index in [4.69, 9.17) is 4.74 Å². The summed E-state index contributed by atoms with van der Waals surface area (Å²) in [5.41, 5.74) is -0.561. The van der Waals surface area contributed by atoms with Crippen LogP contribution >= 0.6 is 0 Å². The topological polar surface area (TPSA) is 38.3 Å². The Morgan fingerprint density at radius 2 is 1.94 bits per heavy atom. The quantitative estimate of drug-likeness (QED) is 0.816. The van der Waals surface area contributed by atoms with Crippen LogP contribution in [0.4, 0.5) is 13.6 Å². The molecule has 1 aliphatic rings. The number of carbonyl (C=O) groups is 1. The maximum Gasteiger partial charge on any atom is 0.407 e. The molecule has 17 heavy (non-hydrogen) atoms. The molecule has 1 amide bonds. The molecule has 0 bridgehead atoms. The van der Waals surface area contributed by atoms with Gasteiger partial charge in [-0.2, -0.15) is 0 Å². The molecule has 100 valence electrons. The van der Waals surface area contributed by atoms with Gasteiger partial charge in [0.15, 0.2) is 0 Å². The Morgan fingerprint density at radius 1 is 1.35 bits per heavy atom. The van der Waals surface area contributed by atoms with Gasteiger partial charge < -0.3 is 10.1 Å². The van der Waals surface area contributed by atoms with E-state index in [0.717, 1.165) is 0 Å². The van der Waals surface area contributed by atoms with Crippen molar-refractivity contribution in [2.24, 2.45) is 11.8 Å². The van der Waals surface area contributed by atoms with Crippen LogP contribution in [-0.4, -0.2) is 24.2 Å². The molecule has 3 atom stereocenters. The molecule has 0 unspecified atom stereocenters. The van der Waals surface area contributed by atoms with Crippen LogP contribution in [-0.2, 0) is 4.74 Å². The van der Waals surface area contributed by atoms with Gasteiger partial charge in [-0.05, 0) is 39.5 Å². The summed E-state index contributed by atoms with van der Waals surface area (Å²) < 4.78 is 30.2. The molecule has 3 nitrogen and oxygen atoms in total. The van der Waals surface area contributed by atoms with Crippen molar-refractivity contribution in [2.45, 2.75) is 58.6 Å². The average molecular weight is 249 g/mol. The van der Waals surface area contributed by atoms with Crippen LogP contribution < -0.4 is 5.32 Å². The SMILES string of the molecule is C[C@@H]1C[C@H](C(F)F)C[C@H]1NC(=O)OC(C)(C)C. The molecule has 0 heterocycles. The van der Waals surface area contributed by atoms with Crippen LogP contribution in [0.2, 0.25) is 0 Å². The van der Waals surface area contributed by atoms with Crippen LogP contribution in [0.1, 0.15) is 40.5 Å². The van der Waals surface area contributed by atoms with Gasteiger partial charge in [0, 0.05) is 12.0 Å². The second-order valence-electron chi connectivity index (χ2n) is 5.80. The van der Waals surface area contributed by atoms with Gasteiger partial charge in [-0.3, -0.25) is 0 Å². The van der Waals surface area contributed by atoms with Crippen molar-refractivity contribution < 1.29 is 18.3 Å². The van der Waals surface area contributed by atoms with E-state index in [0.29, 0.717) is 12.8 Å². The highest BCUT2D eigenvalue weighted by molar-refractivity contribution is 5.68.